The fraction of sp³-hybridized carbons (Fsp3) is 0.647. The van der Waals surface area contributed by atoms with Crippen molar-refractivity contribution in [2.24, 2.45) is 5.92 Å². The molecule has 0 spiro atoms. The average Bonchev–Trinajstić information content (AvgIpc) is 2.50. The molecule has 2 heterocycles. The normalized spacial score (nSPS) is 25.4. The molecule has 2 aliphatic heterocycles. The predicted molar refractivity (Wildman–Crippen MR) is 80.6 cm³/mol. The lowest BCUT2D eigenvalue weighted by Crippen LogP contribution is -2.29. The molecule has 1 unspecified atom stereocenters. The molecule has 104 valence electrons. The highest BCUT2D eigenvalue weighted by molar-refractivity contribution is 5.26. The maximum atomic E-state index is 3.51. The van der Waals surface area contributed by atoms with E-state index in [0.29, 0.717) is 0 Å². The molecule has 2 saturated heterocycles. The third-order valence-electron chi connectivity index (χ3n) is 4.73. The molecule has 2 heteroatoms. The number of rotatable bonds is 3. The summed E-state index contributed by atoms with van der Waals surface area (Å²) in [5, 5.41) is 6.95. The van der Waals surface area contributed by atoms with Crippen LogP contribution in [0.2, 0.25) is 0 Å². The maximum absolute atomic E-state index is 3.51. The Kier molecular flexibility index (Phi) is 4.52. The second-order valence-corrected chi connectivity index (χ2v) is 6.18. The molecule has 1 aromatic carbocycles. The van der Waals surface area contributed by atoms with Crippen LogP contribution in [-0.2, 0) is 6.42 Å². The standard InChI is InChI=1S/C17H26N2/c1-2-17(13-19-9-1)16-5-3-14(4-6-16)12-15-7-10-18-11-8-15/h3-6,15,17-19H,1-2,7-13H2. The van der Waals surface area contributed by atoms with E-state index in [1.807, 2.05) is 0 Å². The minimum atomic E-state index is 0.738. The lowest BCUT2D eigenvalue weighted by atomic mass is 9.88. The van der Waals surface area contributed by atoms with Crippen LogP contribution in [-0.4, -0.2) is 26.2 Å². The summed E-state index contributed by atoms with van der Waals surface area (Å²) < 4.78 is 0. The molecule has 0 bridgehead atoms. The van der Waals surface area contributed by atoms with Crippen LogP contribution in [0.5, 0.6) is 0 Å². The van der Waals surface area contributed by atoms with Gasteiger partial charge in [-0.3, -0.25) is 0 Å². The topological polar surface area (TPSA) is 24.1 Å². The maximum Gasteiger partial charge on any atom is 0.00201 e. The van der Waals surface area contributed by atoms with Gasteiger partial charge in [-0.2, -0.15) is 0 Å². The monoisotopic (exact) mass is 258 g/mol. The van der Waals surface area contributed by atoms with Gasteiger partial charge < -0.3 is 10.6 Å². The van der Waals surface area contributed by atoms with Gasteiger partial charge in [0.25, 0.3) is 0 Å². The van der Waals surface area contributed by atoms with Crippen LogP contribution in [0.25, 0.3) is 0 Å². The van der Waals surface area contributed by atoms with E-state index in [1.54, 1.807) is 0 Å². The third kappa shape index (κ3) is 3.58. The molecule has 1 aromatic rings. The minimum Gasteiger partial charge on any atom is -0.317 e. The highest BCUT2D eigenvalue weighted by Crippen LogP contribution is 2.24. The predicted octanol–water partition coefficient (Wildman–Crippen LogP) is 2.70. The van der Waals surface area contributed by atoms with E-state index in [2.05, 4.69) is 34.9 Å². The van der Waals surface area contributed by atoms with Gasteiger partial charge in [0.05, 0.1) is 0 Å². The van der Waals surface area contributed by atoms with E-state index in [1.165, 1.54) is 62.9 Å². The van der Waals surface area contributed by atoms with Crippen molar-refractivity contribution in [3.05, 3.63) is 35.4 Å². The quantitative estimate of drug-likeness (QED) is 0.871. The van der Waals surface area contributed by atoms with Gasteiger partial charge in [0, 0.05) is 6.54 Å². The molecule has 2 aliphatic rings. The van der Waals surface area contributed by atoms with Gasteiger partial charge in [-0.25, -0.2) is 0 Å². The number of piperidine rings is 2. The van der Waals surface area contributed by atoms with Crippen molar-refractivity contribution in [3.63, 3.8) is 0 Å². The molecule has 0 aromatic heterocycles. The highest BCUT2D eigenvalue weighted by Gasteiger charge is 2.16. The van der Waals surface area contributed by atoms with Crippen LogP contribution in [0.1, 0.15) is 42.7 Å². The molecule has 2 nitrogen and oxygen atoms in total. The first-order valence-corrected chi connectivity index (χ1v) is 7.92. The molecular formula is C17H26N2. The van der Waals surface area contributed by atoms with Gasteiger partial charge in [-0.15, -0.1) is 0 Å². The number of benzene rings is 1. The number of hydrogen-bond acceptors (Lipinski definition) is 2. The fourth-order valence-corrected chi connectivity index (χ4v) is 3.48. The zero-order chi connectivity index (χ0) is 12.9. The summed E-state index contributed by atoms with van der Waals surface area (Å²) in [5.74, 6) is 1.63. The van der Waals surface area contributed by atoms with Crippen molar-refractivity contribution >= 4 is 0 Å². The Labute approximate surface area is 117 Å². The van der Waals surface area contributed by atoms with Crippen LogP contribution in [0.4, 0.5) is 0 Å². The summed E-state index contributed by atoms with van der Waals surface area (Å²) in [7, 11) is 0. The summed E-state index contributed by atoms with van der Waals surface area (Å²) in [4.78, 5) is 0. The molecule has 2 N–H and O–H groups in total. The second kappa shape index (κ2) is 6.53. The number of hydrogen-bond donors (Lipinski definition) is 2. The Balaban J connectivity index is 1.58. The Hall–Kier alpha value is -0.860. The van der Waals surface area contributed by atoms with E-state index in [-0.39, 0.29) is 0 Å². The lowest BCUT2D eigenvalue weighted by Gasteiger charge is -2.24. The zero-order valence-corrected chi connectivity index (χ0v) is 11.8. The van der Waals surface area contributed by atoms with Crippen LogP contribution in [0.3, 0.4) is 0 Å². The Morgan fingerprint density at radius 2 is 1.68 bits per heavy atom. The Morgan fingerprint density at radius 3 is 2.37 bits per heavy atom. The molecule has 3 rings (SSSR count). The van der Waals surface area contributed by atoms with Gasteiger partial charge in [-0.05, 0) is 74.7 Å². The Bertz CT molecular complexity index is 373. The largest absolute Gasteiger partial charge is 0.317 e. The van der Waals surface area contributed by atoms with Gasteiger partial charge in [-0.1, -0.05) is 24.3 Å². The van der Waals surface area contributed by atoms with Crippen molar-refractivity contribution in [2.45, 2.75) is 38.0 Å². The van der Waals surface area contributed by atoms with Crippen LogP contribution in [0, 0.1) is 5.92 Å². The van der Waals surface area contributed by atoms with E-state index in [4.69, 9.17) is 0 Å². The first-order valence-electron chi connectivity index (χ1n) is 7.92. The van der Waals surface area contributed by atoms with E-state index >= 15 is 0 Å². The van der Waals surface area contributed by atoms with E-state index in [9.17, 15) is 0 Å². The van der Waals surface area contributed by atoms with Gasteiger partial charge in [0.2, 0.25) is 0 Å². The first-order chi connectivity index (χ1) is 9.42. The number of nitrogens with one attached hydrogen (secondary N) is 2. The summed E-state index contributed by atoms with van der Waals surface area (Å²) in [6.07, 6.45) is 6.62. The lowest BCUT2D eigenvalue weighted by molar-refractivity contribution is 0.372. The molecule has 0 saturated carbocycles. The summed E-state index contributed by atoms with van der Waals surface area (Å²) in [5.41, 5.74) is 3.06. The van der Waals surface area contributed by atoms with Gasteiger partial charge >= 0.3 is 0 Å². The van der Waals surface area contributed by atoms with Crippen molar-refractivity contribution < 1.29 is 0 Å². The van der Waals surface area contributed by atoms with E-state index < -0.39 is 0 Å². The minimum absolute atomic E-state index is 0.738. The smallest absolute Gasteiger partial charge is 0.00201 e. The van der Waals surface area contributed by atoms with Crippen molar-refractivity contribution in [1.82, 2.24) is 10.6 Å². The fourth-order valence-electron chi connectivity index (χ4n) is 3.48. The van der Waals surface area contributed by atoms with Crippen molar-refractivity contribution in [3.8, 4) is 0 Å². The van der Waals surface area contributed by atoms with Crippen molar-refractivity contribution in [1.29, 1.82) is 0 Å². The van der Waals surface area contributed by atoms with Crippen LogP contribution < -0.4 is 10.6 Å². The first kappa shape index (κ1) is 13.1. The highest BCUT2D eigenvalue weighted by atomic mass is 14.9. The van der Waals surface area contributed by atoms with Crippen LogP contribution >= 0.6 is 0 Å². The summed E-state index contributed by atoms with van der Waals surface area (Å²) >= 11 is 0. The molecular weight excluding hydrogens is 232 g/mol. The molecule has 0 radical (unpaired) electrons. The van der Waals surface area contributed by atoms with Crippen molar-refractivity contribution in [2.75, 3.05) is 26.2 Å². The van der Waals surface area contributed by atoms with Gasteiger partial charge in [0.15, 0.2) is 0 Å². The summed E-state index contributed by atoms with van der Waals surface area (Å²) in [6.45, 7) is 4.77. The van der Waals surface area contributed by atoms with Crippen LogP contribution in [0.15, 0.2) is 24.3 Å². The Morgan fingerprint density at radius 1 is 0.895 bits per heavy atom. The summed E-state index contributed by atoms with van der Waals surface area (Å²) in [6, 6.07) is 9.47. The third-order valence-corrected chi connectivity index (χ3v) is 4.73. The second-order valence-electron chi connectivity index (χ2n) is 6.18. The molecule has 1 atom stereocenters. The zero-order valence-electron chi connectivity index (χ0n) is 11.8. The molecule has 19 heavy (non-hydrogen) atoms. The van der Waals surface area contributed by atoms with Gasteiger partial charge in [0.1, 0.15) is 0 Å². The SMILES string of the molecule is c1cc(C2CCCNC2)ccc1CC1CCNCC1. The van der Waals surface area contributed by atoms with E-state index in [0.717, 1.165) is 18.4 Å². The average molecular weight is 258 g/mol. The molecule has 0 aliphatic carbocycles. The molecule has 0 amide bonds. The molecule has 2 fully saturated rings.